The van der Waals surface area contributed by atoms with Crippen LogP contribution in [0.15, 0.2) is 0 Å². The standard InChI is InChI=1S/C12H25BrN2/c1-14(2)9-5-11-15(10-4-8-13)12-6-3-7-12/h12H,3-11H2,1-2H3. The Kier molecular flexibility index (Phi) is 6.86. The van der Waals surface area contributed by atoms with Gasteiger partial charge in [0.05, 0.1) is 0 Å². The average Bonchev–Trinajstić information content (AvgIpc) is 2.10. The molecule has 0 aromatic carbocycles. The second kappa shape index (κ2) is 7.64. The molecule has 2 nitrogen and oxygen atoms in total. The quantitative estimate of drug-likeness (QED) is 0.629. The lowest BCUT2D eigenvalue weighted by Gasteiger charge is -2.37. The lowest BCUT2D eigenvalue weighted by molar-refractivity contribution is 0.123. The van der Waals surface area contributed by atoms with Gasteiger partial charge in [0, 0.05) is 11.4 Å². The molecule has 0 radical (unpaired) electrons. The summed E-state index contributed by atoms with van der Waals surface area (Å²) in [6.45, 7) is 3.79. The smallest absolute Gasteiger partial charge is 0.00952 e. The Morgan fingerprint density at radius 2 is 1.73 bits per heavy atom. The molecule has 1 aliphatic rings. The summed E-state index contributed by atoms with van der Waals surface area (Å²) in [5, 5.41) is 1.14. The summed E-state index contributed by atoms with van der Waals surface area (Å²) in [4.78, 5) is 4.98. The van der Waals surface area contributed by atoms with E-state index >= 15 is 0 Å². The van der Waals surface area contributed by atoms with Gasteiger partial charge < -0.3 is 9.80 Å². The molecule has 3 heteroatoms. The van der Waals surface area contributed by atoms with E-state index in [1.54, 1.807) is 0 Å². The minimum atomic E-state index is 0.909. The van der Waals surface area contributed by atoms with Crippen molar-refractivity contribution in [1.29, 1.82) is 0 Å². The van der Waals surface area contributed by atoms with Gasteiger partial charge in [-0.1, -0.05) is 22.4 Å². The first kappa shape index (κ1) is 13.5. The van der Waals surface area contributed by atoms with Crippen molar-refractivity contribution < 1.29 is 0 Å². The lowest BCUT2D eigenvalue weighted by atomic mass is 9.91. The Morgan fingerprint density at radius 3 is 2.20 bits per heavy atom. The van der Waals surface area contributed by atoms with Crippen LogP contribution in [0.3, 0.4) is 0 Å². The second-order valence-corrected chi connectivity index (χ2v) is 5.61. The van der Waals surface area contributed by atoms with Crippen molar-refractivity contribution in [2.24, 2.45) is 0 Å². The first-order valence-corrected chi connectivity index (χ1v) is 7.31. The maximum Gasteiger partial charge on any atom is 0.00952 e. The Balaban J connectivity index is 2.16. The van der Waals surface area contributed by atoms with Gasteiger partial charge in [0.25, 0.3) is 0 Å². The molecule has 0 atom stereocenters. The van der Waals surface area contributed by atoms with Crippen LogP contribution >= 0.6 is 15.9 Å². The zero-order chi connectivity index (χ0) is 11.1. The maximum absolute atomic E-state index is 3.52. The molecule has 0 aromatic heterocycles. The minimum Gasteiger partial charge on any atom is -0.309 e. The maximum atomic E-state index is 3.52. The van der Waals surface area contributed by atoms with Crippen LogP contribution in [-0.4, -0.2) is 54.9 Å². The second-order valence-electron chi connectivity index (χ2n) is 4.82. The van der Waals surface area contributed by atoms with Crippen LogP contribution in [0.4, 0.5) is 0 Å². The van der Waals surface area contributed by atoms with Crippen molar-refractivity contribution in [3.8, 4) is 0 Å². The topological polar surface area (TPSA) is 6.48 Å². The lowest BCUT2D eigenvalue weighted by Crippen LogP contribution is -2.42. The SMILES string of the molecule is CN(C)CCCN(CCCBr)C1CCC1. The monoisotopic (exact) mass is 276 g/mol. The Bertz CT molecular complexity index is 158. The summed E-state index contributed by atoms with van der Waals surface area (Å²) in [5.74, 6) is 0. The van der Waals surface area contributed by atoms with Crippen LogP contribution in [0.5, 0.6) is 0 Å². The van der Waals surface area contributed by atoms with E-state index in [-0.39, 0.29) is 0 Å². The van der Waals surface area contributed by atoms with Crippen LogP contribution in [-0.2, 0) is 0 Å². The first-order valence-electron chi connectivity index (χ1n) is 6.19. The molecule has 1 aliphatic carbocycles. The van der Waals surface area contributed by atoms with E-state index in [2.05, 4.69) is 39.8 Å². The summed E-state index contributed by atoms with van der Waals surface area (Å²) in [5.41, 5.74) is 0. The van der Waals surface area contributed by atoms with Gasteiger partial charge in [0.2, 0.25) is 0 Å². The summed E-state index contributed by atoms with van der Waals surface area (Å²) in [7, 11) is 4.32. The molecule has 1 saturated carbocycles. The van der Waals surface area contributed by atoms with Crippen molar-refractivity contribution in [2.45, 2.75) is 38.1 Å². The van der Waals surface area contributed by atoms with Gasteiger partial charge in [-0.2, -0.15) is 0 Å². The third kappa shape index (κ3) is 5.32. The van der Waals surface area contributed by atoms with Gasteiger partial charge in [0.1, 0.15) is 0 Å². The Hall–Kier alpha value is 0.400. The first-order chi connectivity index (χ1) is 7.24. The Labute approximate surface area is 103 Å². The normalized spacial score (nSPS) is 17.4. The fourth-order valence-corrected chi connectivity index (χ4v) is 2.33. The molecule has 0 aromatic rings. The molecular formula is C12H25BrN2. The molecule has 0 heterocycles. The molecule has 15 heavy (non-hydrogen) atoms. The minimum absolute atomic E-state index is 0.909. The van der Waals surface area contributed by atoms with E-state index in [1.165, 1.54) is 51.7 Å². The summed E-state index contributed by atoms with van der Waals surface area (Å²) < 4.78 is 0. The van der Waals surface area contributed by atoms with Crippen LogP contribution in [0.25, 0.3) is 0 Å². The van der Waals surface area contributed by atoms with Gasteiger partial charge in [-0.3, -0.25) is 0 Å². The average molecular weight is 277 g/mol. The third-order valence-corrected chi connectivity index (χ3v) is 3.78. The van der Waals surface area contributed by atoms with Crippen molar-refractivity contribution in [2.75, 3.05) is 39.1 Å². The van der Waals surface area contributed by atoms with E-state index < -0.39 is 0 Å². The predicted molar refractivity (Wildman–Crippen MR) is 70.8 cm³/mol. The molecule has 0 saturated heterocycles. The fraction of sp³-hybridized carbons (Fsp3) is 1.00. The fourth-order valence-electron chi connectivity index (χ4n) is 2.08. The van der Waals surface area contributed by atoms with Gasteiger partial charge >= 0.3 is 0 Å². The third-order valence-electron chi connectivity index (χ3n) is 3.22. The number of nitrogens with zero attached hydrogens (tertiary/aromatic N) is 2. The molecule has 0 aliphatic heterocycles. The summed E-state index contributed by atoms with van der Waals surface area (Å²) in [6, 6.07) is 0.909. The molecule has 0 amide bonds. The van der Waals surface area contributed by atoms with Gasteiger partial charge in [-0.05, 0) is 59.4 Å². The van der Waals surface area contributed by atoms with Crippen LogP contribution < -0.4 is 0 Å². The highest BCUT2D eigenvalue weighted by atomic mass is 79.9. The highest BCUT2D eigenvalue weighted by molar-refractivity contribution is 9.09. The van der Waals surface area contributed by atoms with Crippen LogP contribution in [0.1, 0.15) is 32.1 Å². The highest BCUT2D eigenvalue weighted by Gasteiger charge is 2.23. The number of hydrogen-bond acceptors (Lipinski definition) is 2. The number of alkyl halides is 1. The summed E-state index contributed by atoms with van der Waals surface area (Å²) >= 11 is 3.52. The van der Waals surface area contributed by atoms with Crippen molar-refractivity contribution >= 4 is 15.9 Å². The largest absolute Gasteiger partial charge is 0.309 e. The van der Waals surface area contributed by atoms with Gasteiger partial charge in [-0.25, -0.2) is 0 Å². The van der Waals surface area contributed by atoms with Gasteiger partial charge in [-0.15, -0.1) is 0 Å². The van der Waals surface area contributed by atoms with E-state index in [0.717, 1.165) is 11.4 Å². The highest BCUT2D eigenvalue weighted by Crippen LogP contribution is 2.25. The zero-order valence-corrected chi connectivity index (χ0v) is 11.8. The molecule has 0 N–H and O–H groups in total. The van der Waals surface area contributed by atoms with Crippen molar-refractivity contribution in [1.82, 2.24) is 9.80 Å². The molecule has 1 fully saturated rings. The molecule has 0 spiro atoms. The zero-order valence-electron chi connectivity index (χ0n) is 10.2. The molecule has 0 bridgehead atoms. The van der Waals surface area contributed by atoms with E-state index in [0.29, 0.717) is 0 Å². The number of hydrogen-bond donors (Lipinski definition) is 0. The molecule has 90 valence electrons. The van der Waals surface area contributed by atoms with Gasteiger partial charge in [0.15, 0.2) is 0 Å². The van der Waals surface area contributed by atoms with E-state index in [1.807, 2.05) is 0 Å². The van der Waals surface area contributed by atoms with E-state index in [4.69, 9.17) is 0 Å². The van der Waals surface area contributed by atoms with E-state index in [9.17, 15) is 0 Å². The Morgan fingerprint density at radius 1 is 1.07 bits per heavy atom. The molecular weight excluding hydrogens is 252 g/mol. The number of halogens is 1. The predicted octanol–water partition coefficient (Wildman–Crippen LogP) is 2.58. The molecule has 0 unspecified atom stereocenters. The van der Waals surface area contributed by atoms with Crippen LogP contribution in [0.2, 0.25) is 0 Å². The summed E-state index contributed by atoms with van der Waals surface area (Å²) in [6.07, 6.45) is 6.92. The molecule has 1 rings (SSSR count). The van der Waals surface area contributed by atoms with Crippen LogP contribution in [0, 0.1) is 0 Å². The van der Waals surface area contributed by atoms with Crippen molar-refractivity contribution in [3.05, 3.63) is 0 Å². The van der Waals surface area contributed by atoms with Crippen molar-refractivity contribution in [3.63, 3.8) is 0 Å². The number of rotatable bonds is 8.